The Labute approximate surface area is 740 Å². The van der Waals surface area contributed by atoms with Crippen molar-refractivity contribution in [3.05, 3.63) is 535 Å². The molecule has 0 amide bonds. The highest BCUT2D eigenvalue weighted by Crippen LogP contribution is 2.42. The maximum atomic E-state index is 13.7. The zero-order chi connectivity index (χ0) is 86.4. The van der Waals surface area contributed by atoms with Crippen LogP contribution in [0.2, 0.25) is 5.02 Å². The summed E-state index contributed by atoms with van der Waals surface area (Å²) in [6, 6.07) is 127. The SMILES string of the molecule is Cc1ccc2c(CC(O)(c3ccccc3)c3ccccc3)c[nH]c2c1.Cc1cccc2c(CC(O)(c3ccccc3)c3ccccc3)c[nH]c12.OC(Cc1c[nH]c2ccc(Br)cc12)(c1ccccc1)c1ccccc1.OC(Cc1c[nH]c2ccc(Cl)cc12)(c1ccccc1)c1ccccc1.OC(Cc1c[nH]c2ccc(F)cc12)(c1ccccc1)c1ccccc1. The van der Waals surface area contributed by atoms with Gasteiger partial charge in [-0.3, -0.25) is 0 Å². The number of aromatic amines is 5. The first-order valence-corrected chi connectivity index (χ1v) is 43.1. The molecule has 10 nitrogen and oxygen atoms in total. The minimum Gasteiger partial charge on any atom is -0.380 e. The molecule has 0 saturated carbocycles. The number of rotatable bonds is 20. The summed E-state index contributed by atoms with van der Waals surface area (Å²) in [5.74, 6) is -0.281. The molecule has 20 aromatic rings. The zero-order valence-electron chi connectivity index (χ0n) is 69.3. The molecule has 0 atom stereocenters. The average molecular weight is 1730 g/mol. The van der Waals surface area contributed by atoms with Crippen LogP contribution in [0.3, 0.4) is 0 Å². The normalized spacial score (nSPS) is 11.8. The fourth-order valence-electron chi connectivity index (χ4n) is 17.2. The lowest BCUT2D eigenvalue weighted by Crippen LogP contribution is -2.30. The van der Waals surface area contributed by atoms with Crippen molar-refractivity contribution in [3.63, 3.8) is 0 Å². The van der Waals surface area contributed by atoms with E-state index in [-0.39, 0.29) is 5.82 Å². The van der Waals surface area contributed by atoms with Gasteiger partial charge in [-0.05, 0) is 169 Å². The number of fused-ring (bicyclic) bond motifs is 5. The number of aryl methyl sites for hydroxylation is 2. The number of aliphatic hydroxyl groups is 5. The predicted octanol–water partition coefficient (Wildman–Crippen LogP) is 25.4. The molecule has 0 aliphatic carbocycles. The summed E-state index contributed by atoms with van der Waals surface area (Å²) in [6.07, 6.45) is 12.2. The van der Waals surface area contributed by atoms with E-state index in [1.54, 1.807) is 6.07 Å². The summed E-state index contributed by atoms with van der Waals surface area (Å²) in [6.45, 7) is 4.19. The number of halogens is 3. The van der Waals surface area contributed by atoms with E-state index in [0.717, 1.165) is 137 Å². The molecule has 0 spiro atoms. The van der Waals surface area contributed by atoms with Gasteiger partial charge in [-0.1, -0.05) is 361 Å². The van der Waals surface area contributed by atoms with Gasteiger partial charge in [-0.15, -0.1) is 0 Å². The van der Waals surface area contributed by atoms with E-state index >= 15 is 0 Å². The van der Waals surface area contributed by atoms with Gasteiger partial charge in [0.2, 0.25) is 0 Å². The second-order valence-electron chi connectivity index (χ2n) is 32.0. The van der Waals surface area contributed by atoms with E-state index in [2.05, 4.69) is 97.2 Å². The van der Waals surface area contributed by atoms with Gasteiger partial charge in [0, 0.05) is 127 Å². The lowest BCUT2D eigenvalue weighted by atomic mass is 9.81. The van der Waals surface area contributed by atoms with Gasteiger partial charge in [0.05, 0.1) is 0 Å². The monoisotopic (exact) mass is 1720 g/mol. The minimum absolute atomic E-state index is 0.281. The van der Waals surface area contributed by atoms with E-state index in [0.29, 0.717) is 37.1 Å². The lowest BCUT2D eigenvalue weighted by Gasteiger charge is -2.29. The van der Waals surface area contributed by atoms with Gasteiger partial charge in [-0.25, -0.2) is 4.39 Å². The first-order valence-electron chi connectivity index (χ1n) is 41.9. The fraction of sp³-hybridized carbons (Fsp3) is 0.107. The summed E-state index contributed by atoms with van der Waals surface area (Å²) in [5.41, 5.74) is 16.1. The van der Waals surface area contributed by atoms with Crippen LogP contribution < -0.4 is 0 Å². The molecule has 0 saturated heterocycles. The Kier molecular flexibility index (Phi) is 25.9. The second-order valence-corrected chi connectivity index (χ2v) is 33.4. The Morgan fingerprint density at radius 2 is 0.528 bits per heavy atom. The van der Waals surface area contributed by atoms with E-state index < -0.39 is 28.0 Å². The summed E-state index contributed by atoms with van der Waals surface area (Å²) in [5, 5.41) is 64.5. The summed E-state index contributed by atoms with van der Waals surface area (Å²) in [4.78, 5) is 16.5. The third kappa shape index (κ3) is 18.9. The van der Waals surface area contributed by atoms with Crippen LogP contribution in [0.15, 0.2) is 430 Å². The van der Waals surface area contributed by atoms with Crippen LogP contribution in [-0.2, 0) is 60.1 Å². The molecule has 5 aromatic heterocycles. The van der Waals surface area contributed by atoms with E-state index in [1.165, 1.54) is 28.6 Å². The molecule has 0 aliphatic rings. The van der Waals surface area contributed by atoms with Crippen LogP contribution >= 0.6 is 27.5 Å². The molecule has 0 aliphatic heterocycles. The first kappa shape index (κ1) is 85.1. The van der Waals surface area contributed by atoms with E-state index in [1.807, 2.05) is 365 Å². The molecular formula is C112H96BrClFN5O5. The molecule has 125 heavy (non-hydrogen) atoms. The van der Waals surface area contributed by atoms with Gasteiger partial charge >= 0.3 is 0 Å². The van der Waals surface area contributed by atoms with Crippen molar-refractivity contribution in [1.82, 2.24) is 24.9 Å². The van der Waals surface area contributed by atoms with Crippen LogP contribution in [0.1, 0.15) is 94.6 Å². The van der Waals surface area contributed by atoms with Crippen LogP contribution in [0.25, 0.3) is 54.5 Å². The van der Waals surface area contributed by atoms with Crippen molar-refractivity contribution >= 4 is 82.0 Å². The molecular weight excluding hydrogens is 1630 g/mol. The molecule has 0 bridgehead atoms. The minimum atomic E-state index is -1.19. The summed E-state index contributed by atoms with van der Waals surface area (Å²) >= 11 is 9.72. The van der Waals surface area contributed by atoms with Crippen molar-refractivity contribution in [1.29, 1.82) is 0 Å². The maximum Gasteiger partial charge on any atom is 0.123 e. The first-order chi connectivity index (χ1) is 60.8. The van der Waals surface area contributed by atoms with Crippen LogP contribution in [0.5, 0.6) is 0 Å². The number of H-pyrrole nitrogens is 5. The maximum absolute atomic E-state index is 13.7. The largest absolute Gasteiger partial charge is 0.380 e. The highest BCUT2D eigenvalue weighted by atomic mass is 79.9. The number of hydrogen-bond donors (Lipinski definition) is 10. The topological polar surface area (TPSA) is 180 Å². The van der Waals surface area contributed by atoms with Gasteiger partial charge in [0.25, 0.3) is 0 Å². The number of para-hydroxylation sites is 1. The van der Waals surface area contributed by atoms with E-state index in [9.17, 15) is 29.9 Å². The lowest BCUT2D eigenvalue weighted by molar-refractivity contribution is 0.0811. The standard InChI is InChI=1S/2C23H21NO.C22H18BrNO.C22H18ClNO.C22H18FNO/c1-17-9-8-14-21-18(16-24-22(17)21)15-23(25,19-10-4-2-5-11-19)20-12-6-3-7-13-20;1-17-12-13-21-18(16-24-22(21)14-17)15-23(25,19-8-4-2-5-9-19)20-10-6-3-7-11-20;3*23-19-11-12-21-20(13-19)16(15-24-21)14-22(25,17-7-3-1-4-8-17)18-9-5-2-6-10-18/h2*2-14,16,24-25H,15H2,1H3;3*1-13,15,24-25H,14H2. The zero-order valence-corrected chi connectivity index (χ0v) is 71.7. The van der Waals surface area contributed by atoms with E-state index in [4.69, 9.17) is 11.6 Å². The third-order valence-corrected chi connectivity index (χ3v) is 24.6. The van der Waals surface area contributed by atoms with Crippen molar-refractivity contribution in [3.8, 4) is 0 Å². The van der Waals surface area contributed by atoms with Crippen molar-refractivity contribution in [2.24, 2.45) is 0 Å². The van der Waals surface area contributed by atoms with Gasteiger partial charge in [0.15, 0.2) is 0 Å². The van der Waals surface area contributed by atoms with Crippen molar-refractivity contribution < 1.29 is 29.9 Å². The Morgan fingerprint density at radius 3 is 0.864 bits per heavy atom. The molecule has 0 unspecified atom stereocenters. The van der Waals surface area contributed by atoms with Gasteiger partial charge in [-0.2, -0.15) is 0 Å². The molecule has 620 valence electrons. The average Bonchev–Trinajstić information content (AvgIpc) is 1.78. The van der Waals surface area contributed by atoms with Gasteiger partial charge in [0.1, 0.15) is 33.8 Å². The number of nitrogens with one attached hydrogen (secondary N) is 5. The number of hydrogen-bond acceptors (Lipinski definition) is 5. The Hall–Kier alpha value is -13.5. The van der Waals surface area contributed by atoms with Crippen molar-refractivity contribution in [2.45, 2.75) is 74.0 Å². The Bertz CT molecular complexity index is 6150. The highest BCUT2D eigenvalue weighted by molar-refractivity contribution is 9.10. The van der Waals surface area contributed by atoms with Crippen LogP contribution in [-0.4, -0.2) is 50.5 Å². The molecule has 5 heterocycles. The summed E-state index contributed by atoms with van der Waals surface area (Å²) < 4.78 is 14.7. The third-order valence-electron chi connectivity index (χ3n) is 23.9. The van der Waals surface area contributed by atoms with Crippen molar-refractivity contribution in [2.75, 3.05) is 0 Å². The Balaban J connectivity index is 0.000000115. The quantitative estimate of drug-likeness (QED) is 0.0364. The Morgan fingerprint density at radius 1 is 0.256 bits per heavy atom. The van der Waals surface area contributed by atoms with Gasteiger partial charge < -0.3 is 50.5 Å². The summed E-state index contributed by atoms with van der Waals surface area (Å²) in [7, 11) is 0. The fourth-order valence-corrected chi connectivity index (χ4v) is 17.8. The predicted molar refractivity (Wildman–Crippen MR) is 512 cm³/mol. The molecule has 0 fully saturated rings. The molecule has 15 aromatic carbocycles. The molecule has 0 radical (unpaired) electrons. The van der Waals surface area contributed by atoms with Crippen LogP contribution in [0, 0.1) is 19.7 Å². The van der Waals surface area contributed by atoms with Crippen LogP contribution in [0.4, 0.5) is 4.39 Å². The number of benzene rings is 15. The smallest absolute Gasteiger partial charge is 0.123 e. The molecule has 10 N–H and O–H groups in total. The number of aromatic nitrogens is 5. The molecule has 13 heteroatoms. The molecule has 20 rings (SSSR count). The highest BCUT2D eigenvalue weighted by Gasteiger charge is 2.38. The second kappa shape index (κ2) is 38.1.